The molecule has 5 heteroatoms. The van der Waals surface area contributed by atoms with Crippen LogP contribution in [0.25, 0.3) is 11.0 Å². The van der Waals surface area contributed by atoms with Crippen molar-refractivity contribution >= 4 is 11.0 Å². The molecule has 116 valence electrons. The Morgan fingerprint density at radius 3 is 2.24 bits per heavy atom. The average Bonchev–Trinajstić information content (AvgIpc) is 2.84. The fourth-order valence-corrected chi connectivity index (χ4v) is 2.21. The normalized spacial score (nSPS) is 11.7. The predicted molar refractivity (Wildman–Crippen MR) is 82.5 cm³/mol. The lowest BCUT2D eigenvalue weighted by Crippen LogP contribution is -2.34. The van der Waals surface area contributed by atoms with Crippen molar-refractivity contribution in [3.8, 4) is 17.2 Å². The molecule has 1 aromatic carbocycles. The molecule has 0 saturated carbocycles. The zero-order valence-corrected chi connectivity index (χ0v) is 13.5. The lowest BCUT2D eigenvalue weighted by atomic mass is 10.1. The third kappa shape index (κ3) is 3.08. The van der Waals surface area contributed by atoms with Crippen LogP contribution in [-0.4, -0.2) is 26.9 Å². The lowest BCUT2D eigenvalue weighted by molar-refractivity contribution is 0.326. The van der Waals surface area contributed by atoms with E-state index in [9.17, 15) is 0 Å². The van der Waals surface area contributed by atoms with Gasteiger partial charge in [-0.3, -0.25) is 0 Å². The molecule has 1 N–H and O–H groups in total. The highest BCUT2D eigenvalue weighted by atomic mass is 16.5. The number of hydrogen-bond donors (Lipinski definition) is 1. The molecule has 1 heterocycles. The molecule has 1 aromatic heterocycles. The Hall–Kier alpha value is -1.88. The van der Waals surface area contributed by atoms with E-state index in [0.717, 1.165) is 16.5 Å². The molecule has 2 aromatic rings. The van der Waals surface area contributed by atoms with Crippen LogP contribution in [0.4, 0.5) is 0 Å². The van der Waals surface area contributed by atoms with Gasteiger partial charge >= 0.3 is 0 Å². The van der Waals surface area contributed by atoms with Gasteiger partial charge in [0.25, 0.3) is 0 Å². The van der Waals surface area contributed by atoms with Crippen molar-refractivity contribution in [1.82, 2.24) is 5.32 Å². The number of furan rings is 1. The van der Waals surface area contributed by atoms with E-state index < -0.39 is 0 Å². The molecule has 21 heavy (non-hydrogen) atoms. The average molecular weight is 293 g/mol. The highest BCUT2D eigenvalue weighted by Crippen LogP contribution is 2.45. The van der Waals surface area contributed by atoms with Crippen LogP contribution >= 0.6 is 0 Å². The Labute approximate surface area is 125 Å². The number of benzene rings is 1. The van der Waals surface area contributed by atoms with Crippen LogP contribution in [0.1, 0.15) is 26.3 Å². The van der Waals surface area contributed by atoms with Gasteiger partial charge in [0.2, 0.25) is 5.75 Å². The van der Waals surface area contributed by atoms with E-state index in [4.69, 9.17) is 18.6 Å². The maximum atomic E-state index is 5.64. The summed E-state index contributed by atoms with van der Waals surface area (Å²) in [7, 11) is 4.80. The van der Waals surface area contributed by atoms with Crippen LogP contribution in [-0.2, 0) is 6.54 Å². The quantitative estimate of drug-likeness (QED) is 0.916. The van der Waals surface area contributed by atoms with Crippen LogP contribution in [0.2, 0.25) is 0 Å². The number of hydrogen-bond acceptors (Lipinski definition) is 5. The summed E-state index contributed by atoms with van der Waals surface area (Å²) in [4.78, 5) is 0. The molecule has 0 atom stereocenters. The zero-order valence-electron chi connectivity index (χ0n) is 13.5. The highest BCUT2D eigenvalue weighted by molar-refractivity contribution is 5.92. The zero-order chi connectivity index (χ0) is 15.6. The van der Waals surface area contributed by atoms with Gasteiger partial charge in [0.05, 0.1) is 33.0 Å². The summed E-state index contributed by atoms with van der Waals surface area (Å²) >= 11 is 0. The number of rotatable bonds is 5. The first kappa shape index (κ1) is 15.5. The summed E-state index contributed by atoms with van der Waals surface area (Å²) in [6, 6.07) is 1.82. The van der Waals surface area contributed by atoms with Gasteiger partial charge in [0.1, 0.15) is 5.58 Å². The van der Waals surface area contributed by atoms with E-state index in [1.54, 1.807) is 27.6 Å². The van der Waals surface area contributed by atoms with E-state index in [-0.39, 0.29) is 5.54 Å². The second kappa shape index (κ2) is 5.85. The summed E-state index contributed by atoms with van der Waals surface area (Å²) in [6.45, 7) is 7.05. The molecule has 0 spiro atoms. The number of nitrogens with one attached hydrogen (secondary N) is 1. The van der Waals surface area contributed by atoms with Gasteiger partial charge in [-0.05, 0) is 20.8 Å². The Morgan fingerprint density at radius 1 is 1.05 bits per heavy atom. The number of methoxy groups -OCH3 is 3. The third-order valence-electron chi connectivity index (χ3n) is 3.25. The van der Waals surface area contributed by atoms with E-state index >= 15 is 0 Å². The van der Waals surface area contributed by atoms with Crippen molar-refractivity contribution in [2.45, 2.75) is 32.9 Å². The smallest absolute Gasteiger partial charge is 0.204 e. The molecule has 0 unspecified atom stereocenters. The van der Waals surface area contributed by atoms with E-state index in [1.807, 2.05) is 6.07 Å². The lowest BCUT2D eigenvalue weighted by Gasteiger charge is -2.20. The maximum absolute atomic E-state index is 5.64. The first-order valence-corrected chi connectivity index (χ1v) is 6.85. The van der Waals surface area contributed by atoms with Crippen LogP contribution in [0, 0.1) is 0 Å². The van der Waals surface area contributed by atoms with Crippen molar-refractivity contribution in [3.63, 3.8) is 0 Å². The molecule has 0 aliphatic rings. The standard InChI is InChI=1S/C16H23NO4/c1-16(2,3)17-8-10-9-21-11-7-12(18-4)14(19-5)15(20-6)13(10)11/h7,9,17H,8H2,1-6H3. The van der Waals surface area contributed by atoms with Crippen molar-refractivity contribution in [1.29, 1.82) is 0 Å². The molecular weight excluding hydrogens is 270 g/mol. The Morgan fingerprint density at radius 2 is 1.71 bits per heavy atom. The molecule has 0 saturated heterocycles. The van der Waals surface area contributed by atoms with Gasteiger partial charge in [-0.25, -0.2) is 0 Å². The van der Waals surface area contributed by atoms with Gasteiger partial charge in [-0.15, -0.1) is 0 Å². The van der Waals surface area contributed by atoms with Crippen LogP contribution in [0.5, 0.6) is 17.2 Å². The molecule has 5 nitrogen and oxygen atoms in total. The number of fused-ring (bicyclic) bond motifs is 1. The second-order valence-electron chi connectivity index (χ2n) is 5.88. The first-order valence-electron chi connectivity index (χ1n) is 6.85. The van der Waals surface area contributed by atoms with Gasteiger partial charge in [-0.2, -0.15) is 0 Å². The Kier molecular flexibility index (Phi) is 4.32. The number of ether oxygens (including phenoxy) is 3. The van der Waals surface area contributed by atoms with Gasteiger partial charge in [0.15, 0.2) is 11.5 Å². The summed E-state index contributed by atoms with van der Waals surface area (Å²) in [5.41, 5.74) is 1.76. The minimum absolute atomic E-state index is 0.0212. The monoisotopic (exact) mass is 293 g/mol. The largest absolute Gasteiger partial charge is 0.493 e. The summed E-state index contributed by atoms with van der Waals surface area (Å²) < 4.78 is 21.9. The minimum atomic E-state index is 0.0212. The fourth-order valence-electron chi connectivity index (χ4n) is 2.21. The SMILES string of the molecule is COc1cc2occ(CNC(C)(C)C)c2c(OC)c1OC. The van der Waals surface area contributed by atoms with Gasteiger partial charge in [-0.1, -0.05) is 0 Å². The van der Waals surface area contributed by atoms with Crippen LogP contribution in [0.3, 0.4) is 0 Å². The molecule has 2 rings (SSSR count). The Balaban J connectivity index is 2.55. The minimum Gasteiger partial charge on any atom is -0.493 e. The van der Waals surface area contributed by atoms with E-state index in [1.165, 1.54) is 0 Å². The first-order chi connectivity index (χ1) is 9.91. The second-order valence-corrected chi connectivity index (χ2v) is 5.88. The molecular formula is C16H23NO4. The van der Waals surface area contributed by atoms with Crippen molar-refractivity contribution in [2.75, 3.05) is 21.3 Å². The third-order valence-corrected chi connectivity index (χ3v) is 3.25. The summed E-state index contributed by atoms with van der Waals surface area (Å²) in [6.07, 6.45) is 1.74. The van der Waals surface area contributed by atoms with Crippen molar-refractivity contribution in [2.24, 2.45) is 0 Å². The van der Waals surface area contributed by atoms with Crippen LogP contribution in [0.15, 0.2) is 16.7 Å². The van der Waals surface area contributed by atoms with Crippen molar-refractivity contribution in [3.05, 3.63) is 17.9 Å². The Bertz CT molecular complexity index is 625. The topological polar surface area (TPSA) is 52.9 Å². The predicted octanol–water partition coefficient (Wildman–Crippen LogP) is 3.35. The molecule has 0 fully saturated rings. The maximum Gasteiger partial charge on any atom is 0.204 e. The molecule has 0 bridgehead atoms. The van der Waals surface area contributed by atoms with Gasteiger partial charge < -0.3 is 23.9 Å². The highest BCUT2D eigenvalue weighted by Gasteiger charge is 2.21. The molecule has 0 radical (unpaired) electrons. The molecule has 0 aliphatic carbocycles. The van der Waals surface area contributed by atoms with Gasteiger partial charge in [0, 0.05) is 23.7 Å². The fraction of sp³-hybridized carbons (Fsp3) is 0.500. The molecule has 0 aliphatic heterocycles. The summed E-state index contributed by atoms with van der Waals surface area (Å²) in [5.74, 6) is 1.80. The van der Waals surface area contributed by atoms with Crippen LogP contribution < -0.4 is 19.5 Å². The molecule has 0 amide bonds. The van der Waals surface area contributed by atoms with E-state index in [0.29, 0.717) is 23.8 Å². The van der Waals surface area contributed by atoms with Crippen molar-refractivity contribution < 1.29 is 18.6 Å². The summed E-state index contributed by atoms with van der Waals surface area (Å²) in [5, 5.41) is 4.36. The van der Waals surface area contributed by atoms with E-state index in [2.05, 4.69) is 26.1 Å².